The van der Waals surface area contributed by atoms with Crippen LogP contribution < -0.4 is 0 Å². The maximum Gasteiger partial charge on any atom is 0.0475 e. The predicted molar refractivity (Wildman–Crippen MR) is 64.1 cm³/mol. The minimum Gasteiger partial charge on any atom is -0.347 e. The minimum absolute atomic E-state index is 0.989. The van der Waals surface area contributed by atoms with E-state index in [0.29, 0.717) is 0 Å². The van der Waals surface area contributed by atoms with Crippen molar-refractivity contribution in [3.8, 4) is 0 Å². The molecule has 1 aromatic heterocycles. The molecule has 1 heterocycles. The van der Waals surface area contributed by atoms with Crippen LogP contribution in [0.15, 0.2) is 42.6 Å². The number of nitrogens with zero attached hydrogens (tertiary/aromatic N) is 1. The first-order chi connectivity index (χ1) is 7.31. The summed E-state index contributed by atoms with van der Waals surface area (Å²) in [7, 11) is 0. The molecule has 2 aromatic rings. The highest BCUT2D eigenvalue weighted by atomic mass is 15.0. The second kappa shape index (κ2) is 4.35. The normalized spacial score (nSPS) is 10.5. The lowest BCUT2D eigenvalue weighted by molar-refractivity contribution is 0.747. The average Bonchev–Trinajstić information content (AvgIpc) is 2.69. The summed E-state index contributed by atoms with van der Waals surface area (Å²) >= 11 is 0. The molecule has 0 saturated carbocycles. The van der Waals surface area contributed by atoms with Gasteiger partial charge in [-0.05, 0) is 36.6 Å². The van der Waals surface area contributed by atoms with Crippen molar-refractivity contribution < 1.29 is 0 Å². The Labute approximate surface area is 91.4 Å². The van der Waals surface area contributed by atoms with Crippen LogP contribution in [0.5, 0.6) is 0 Å². The van der Waals surface area contributed by atoms with Crippen molar-refractivity contribution in [2.75, 3.05) is 0 Å². The molecule has 0 saturated heterocycles. The van der Waals surface area contributed by atoms with Gasteiger partial charge in [-0.15, -0.1) is 0 Å². The van der Waals surface area contributed by atoms with Gasteiger partial charge in [-0.1, -0.05) is 31.2 Å². The highest BCUT2D eigenvalue weighted by molar-refractivity contribution is 5.26. The van der Waals surface area contributed by atoms with E-state index in [2.05, 4.69) is 61.0 Å². The summed E-state index contributed by atoms with van der Waals surface area (Å²) in [6.07, 6.45) is 3.25. The third kappa shape index (κ3) is 2.12. The van der Waals surface area contributed by atoms with Gasteiger partial charge in [-0.3, -0.25) is 0 Å². The third-order valence-electron chi connectivity index (χ3n) is 2.89. The predicted octanol–water partition coefficient (Wildman–Crippen LogP) is 3.41. The molecule has 1 nitrogen and oxygen atoms in total. The molecule has 0 N–H and O–H groups in total. The highest BCUT2D eigenvalue weighted by Gasteiger charge is 2.01. The van der Waals surface area contributed by atoms with Crippen molar-refractivity contribution in [3.05, 3.63) is 59.4 Å². The molecule has 0 spiro atoms. The van der Waals surface area contributed by atoms with Gasteiger partial charge in [0.25, 0.3) is 0 Å². The van der Waals surface area contributed by atoms with E-state index in [1.807, 2.05) is 0 Å². The van der Waals surface area contributed by atoms with Crippen molar-refractivity contribution in [1.82, 2.24) is 4.57 Å². The van der Waals surface area contributed by atoms with Gasteiger partial charge in [0.1, 0.15) is 0 Å². The van der Waals surface area contributed by atoms with Gasteiger partial charge in [0.15, 0.2) is 0 Å². The van der Waals surface area contributed by atoms with Crippen molar-refractivity contribution >= 4 is 0 Å². The van der Waals surface area contributed by atoms with Crippen molar-refractivity contribution in [2.24, 2.45) is 0 Å². The zero-order valence-corrected chi connectivity index (χ0v) is 9.40. The molecule has 0 aliphatic rings. The molecule has 0 atom stereocenters. The third-order valence-corrected chi connectivity index (χ3v) is 2.89. The first kappa shape index (κ1) is 10.0. The fourth-order valence-electron chi connectivity index (χ4n) is 1.90. The minimum atomic E-state index is 0.989. The smallest absolute Gasteiger partial charge is 0.0475 e. The maximum atomic E-state index is 2.32. The lowest BCUT2D eigenvalue weighted by Crippen LogP contribution is -2.03. The summed E-state index contributed by atoms with van der Waals surface area (Å²) in [6.45, 7) is 5.36. The van der Waals surface area contributed by atoms with E-state index in [9.17, 15) is 0 Å². The summed E-state index contributed by atoms with van der Waals surface area (Å²) in [4.78, 5) is 0. The van der Waals surface area contributed by atoms with Gasteiger partial charge in [-0.25, -0.2) is 0 Å². The van der Waals surface area contributed by atoms with Crippen molar-refractivity contribution in [1.29, 1.82) is 0 Å². The van der Waals surface area contributed by atoms with E-state index in [1.165, 1.54) is 16.8 Å². The highest BCUT2D eigenvalue weighted by Crippen LogP contribution is 2.11. The topological polar surface area (TPSA) is 4.93 Å². The summed E-state index contributed by atoms with van der Waals surface area (Å²) in [5.74, 6) is 0. The fraction of sp³-hybridized carbons (Fsp3) is 0.286. The molecule has 1 aromatic carbocycles. The molecule has 1 heteroatoms. The largest absolute Gasteiger partial charge is 0.347 e. The van der Waals surface area contributed by atoms with Gasteiger partial charge < -0.3 is 4.57 Å². The van der Waals surface area contributed by atoms with E-state index in [1.54, 1.807) is 0 Å². The van der Waals surface area contributed by atoms with Crippen LogP contribution in [0, 0.1) is 6.92 Å². The molecular weight excluding hydrogens is 182 g/mol. The number of aryl methyl sites for hydroxylation is 2. The number of aromatic nitrogens is 1. The second-order valence-electron chi connectivity index (χ2n) is 3.91. The Morgan fingerprint density at radius 3 is 2.60 bits per heavy atom. The summed E-state index contributed by atoms with van der Waals surface area (Å²) < 4.78 is 2.32. The molecule has 78 valence electrons. The van der Waals surface area contributed by atoms with Crippen LogP contribution in [0.3, 0.4) is 0 Å². The SMILES string of the molecule is CCc1cccn1Cc1ccccc1C. The van der Waals surface area contributed by atoms with Crippen molar-refractivity contribution in [2.45, 2.75) is 26.8 Å². The van der Waals surface area contributed by atoms with Crippen LogP contribution in [-0.2, 0) is 13.0 Å². The van der Waals surface area contributed by atoms with E-state index in [-0.39, 0.29) is 0 Å². The van der Waals surface area contributed by atoms with Gasteiger partial charge >= 0.3 is 0 Å². The Kier molecular flexibility index (Phi) is 2.91. The lowest BCUT2D eigenvalue weighted by atomic mass is 10.1. The molecule has 2 rings (SSSR count). The van der Waals surface area contributed by atoms with Crippen LogP contribution in [-0.4, -0.2) is 4.57 Å². The monoisotopic (exact) mass is 199 g/mol. The molecule has 0 aliphatic carbocycles. The Morgan fingerprint density at radius 2 is 1.87 bits per heavy atom. The summed E-state index contributed by atoms with van der Waals surface area (Å²) in [5.41, 5.74) is 4.18. The van der Waals surface area contributed by atoms with Crippen LogP contribution in [0.1, 0.15) is 23.7 Å². The van der Waals surface area contributed by atoms with Crippen LogP contribution in [0.4, 0.5) is 0 Å². The average molecular weight is 199 g/mol. The van der Waals surface area contributed by atoms with Crippen LogP contribution in [0.25, 0.3) is 0 Å². The number of hydrogen-bond donors (Lipinski definition) is 0. The molecule has 0 aliphatic heterocycles. The summed E-state index contributed by atoms with van der Waals surface area (Å²) in [6, 6.07) is 12.9. The van der Waals surface area contributed by atoms with Crippen LogP contribution >= 0.6 is 0 Å². The first-order valence-corrected chi connectivity index (χ1v) is 5.49. The fourth-order valence-corrected chi connectivity index (χ4v) is 1.90. The molecule has 0 fully saturated rings. The van der Waals surface area contributed by atoms with Crippen LogP contribution in [0.2, 0.25) is 0 Å². The van der Waals surface area contributed by atoms with E-state index in [4.69, 9.17) is 0 Å². The Hall–Kier alpha value is -1.50. The Bertz CT molecular complexity index is 440. The first-order valence-electron chi connectivity index (χ1n) is 5.49. The van der Waals surface area contributed by atoms with Gasteiger partial charge in [-0.2, -0.15) is 0 Å². The molecule has 0 radical (unpaired) electrons. The Balaban J connectivity index is 2.26. The number of hydrogen-bond acceptors (Lipinski definition) is 0. The second-order valence-corrected chi connectivity index (χ2v) is 3.91. The zero-order valence-electron chi connectivity index (χ0n) is 9.40. The van der Waals surface area contributed by atoms with Gasteiger partial charge in [0, 0.05) is 18.4 Å². The van der Waals surface area contributed by atoms with Crippen molar-refractivity contribution in [3.63, 3.8) is 0 Å². The molecule has 15 heavy (non-hydrogen) atoms. The quantitative estimate of drug-likeness (QED) is 0.714. The van der Waals surface area contributed by atoms with E-state index >= 15 is 0 Å². The van der Waals surface area contributed by atoms with Gasteiger partial charge in [0.05, 0.1) is 0 Å². The Morgan fingerprint density at radius 1 is 1.07 bits per heavy atom. The van der Waals surface area contributed by atoms with E-state index < -0.39 is 0 Å². The molecule has 0 amide bonds. The zero-order chi connectivity index (χ0) is 10.7. The maximum absolute atomic E-state index is 2.32. The molecule has 0 bridgehead atoms. The standard InChI is InChI=1S/C14H17N/c1-3-14-9-6-10-15(14)11-13-8-5-4-7-12(13)2/h4-10H,3,11H2,1-2H3. The number of rotatable bonds is 3. The molecular formula is C14H17N. The number of benzene rings is 1. The lowest BCUT2D eigenvalue weighted by Gasteiger charge is -2.10. The summed E-state index contributed by atoms with van der Waals surface area (Å²) in [5, 5.41) is 0. The molecule has 0 unspecified atom stereocenters. The van der Waals surface area contributed by atoms with E-state index in [0.717, 1.165) is 13.0 Å². The van der Waals surface area contributed by atoms with Gasteiger partial charge in [0.2, 0.25) is 0 Å².